The molecule has 4 nitrogen and oxygen atoms in total. The van der Waals surface area contributed by atoms with Crippen molar-refractivity contribution in [2.75, 3.05) is 0 Å². The number of halogens is 3. The molecule has 2 heterocycles. The first-order valence-electron chi connectivity index (χ1n) is 9.52. The Morgan fingerprint density at radius 1 is 1.07 bits per heavy atom. The van der Waals surface area contributed by atoms with Crippen LogP contribution in [0.25, 0.3) is 22.2 Å². The predicted octanol–water partition coefficient (Wildman–Crippen LogP) is 5.72. The van der Waals surface area contributed by atoms with E-state index in [9.17, 15) is 13.2 Å². The first kappa shape index (κ1) is 21.0. The quantitative estimate of drug-likeness (QED) is 0.513. The molecule has 154 valence electrons. The van der Waals surface area contributed by atoms with Gasteiger partial charge < -0.3 is 4.74 Å². The zero-order chi connectivity index (χ0) is 21.1. The zero-order valence-electron chi connectivity index (χ0n) is 16.6. The number of fused-ring (bicyclic) bond motifs is 1. The van der Waals surface area contributed by atoms with Gasteiger partial charge in [0.25, 0.3) is 6.43 Å². The average molecular weight is 403 g/mol. The van der Waals surface area contributed by atoms with E-state index in [1.807, 2.05) is 6.92 Å². The van der Waals surface area contributed by atoms with Crippen molar-refractivity contribution in [1.82, 2.24) is 9.97 Å². The highest BCUT2D eigenvalue weighted by Crippen LogP contribution is 2.33. The molecule has 2 aromatic heterocycles. The topological polar surface area (TPSA) is 61.0 Å². The van der Waals surface area contributed by atoms with Gasteiger partial charge in [-0.05, 0) is 48.7 Å². The van der Waals surface area contributed by atoms with Gasteiger partial charge in [-0.1, -0.05) is 20.8 Å². The lowest BCUT2D eigenvalue weighted by atomic mass is 9.98. The zero-order valence-corrected chi connectivity index (χ0v) is 16.6. The number of ether oxygens (including phenoxy) is 1. The van der Waals surface area contributed by atoms with Gasteiger partial charge in [0.2, 0.25) is 0 Å². The van der Waals surface area contributed by atoms with Crippen LogP contribution >= 0.6 is 0 Å². The molecule has 7 heteroatoms. The summed E-state index contributed by atoms with van der Waals surface area (Å²) in [5.74, 6) is -0.0790. The number of alkyl halides is 2. The Hall–Kier alpha value is -2.67. The van der Waals surface area contributed by atoms with Gasteiger partial charge in [-0.2, -0.15) is 0 Å². The van der Waals surface area contributed by atoms with Crippen LogP contribution in [0.15, 0.2) is 42.6 Å². The molecule has 2 N–H and O–H groups in total. The van der Waals surface area contributed by atoms with Crippen molar-refractivity contribution in [3.63, 3.8) is 0 Å². The second kappa shape index (κ2) is 8.78. The second-order valence-electron chi connectivity index (χ2n) is 7.59. The van der Waals surface area contributed by atoms with Crippen LogP contribution < -0.4 is 10.5 Å². The minimum absolute atomic E-state index is 0.00712. The Labute approximate surface area is 167 Å². The lowest BCUT2D eigenvalue weighted by Crippen LogP contribution is -2.35. The summed E-state index contributed by atoms with van der Waals surface area (Å²) in [7, 11) is 0. The minimum Gasteiger partial charge on any atom is -0.473 e. The molecule has 2 atom stereocenters. The van der Waals surface area contributed by atoms with E-state index in [0.717, 1.165) is 6.42 Å². The van der Waals surface area contributed by atoms with Gasteiger partial charge in [0, 0.05) is 23.1 Å². The molecule has 0 aliphatic rings. The third-order valence-electron chi connectivity index (χ3n) is 4.74. The number of rotatable bonds is 7. The van der Waals surface area contributed by atoms with Crippen LogP contribution in [0.3, 0.4) is 0 Å². The third-order valence-corrected chi connectivity index (χ3v) is 4.74. The standard InChI is InChI=1S/C22H24F3N3O/c1-12(2)10-13(3)22(26)29-19-7-6-18(28-20(19)21(24)25)15-8-9-27-17-5-4-14(23)11-16(15)17/h4-9,11-13,21-22H,10,26H2,1-3H3/t13?,22-/m0/s1. The van der Waals surface area contributed by atoms with Crippen LogP contribution in [0.2, 0.25) is 0 Å². The minimum atomic E-state index is -2.85. The molecule has 0 fully saturated rings. The summed E-state index contributed by atoms with van der Waals surface area (Å²) in [5, 5.41) is 0.496. The number of aromatic nitrogens is 2. The summed E-state index contributed by atoms with van der Waals surface area (Å²) >= 11 is 0. The molecule has 3 aromatic rings. The highest BCUT2D eigenvalue weighted by Gasteiger charge is 2.23. The fraction of sp³-hybridized carbons (Fsp3) is 0.364. The van der Waals surface area contributed by atoms with Gasteiger partial charge in [-0.3, -0.25) is 10.7 Å². The van der Waals surface area contributed by atoms with Gasteiger partial charge in [0.15, 0.2) is 0 Å². The lowest BCUT2D eigenvalue weighted by molar-refractivity contribution is 0.111. The molecule has 3 rings (SSSR count). The van der Waals surface area contributed by atoms with Crippen LogP contribution in [0.1, 0.15) is 39.3 Å². The van der Waals surface area contributed by atoms with E-state index in [-0.39, 0.29) is 17.4 Å². The van der Waals surface area contributed by atoms with Crippen molar-refractivity contribution in [3.05, 3.63) is 54.1 Å². The van der Waals surface area contributed by atoms with Crippen molar-refractivity contribution in [2.45, 2.75) is 39.8 Å². The first-order chi connectivity index (χ1) is 13.8. The van der Waals surface area contributed by atoms with E-state index in [4.69, 9.17) is 10.5 Å². The molecule has 0 spiro atoms. The molecule has 0 radical (unpaired) electrons. The SMILES string of the molecule is CC(C)CC(C)[C@@H](N)Oc1ccc(-c2ccnc3ccc(F)cc23)nc1C(F)F. The molecule has 0 saturated carbocycles. The molecule has 1 unspecified atom stereocenters. The summed E-state index contributed by atoms with van der Waals surface area (Å²) in [6.45, 7) is 6.05. The van der Waals surface area contributed by atoms with Gasteiger partial charge >= 0.3 is 0 Å². The number of benzene rings is 1. The van der Waals surface area contributed by atoms with Crippen LogP contribution in [-0.4, -0.2) is 16.2 Å². The molecule has 0 amide bonds. The van der Waals surface area contributed by atoms with E-state index in [1.165, 1.54) is 30.5 Å². The number of hydrogen-bond acceptors (Lipinski definition) is 4. The fourth-order valence-electron chi connectivity index (χ4n) is 3.35. The van der Waals surface area contributed by atoms with E-state index in [1.54, 1.807) is 12.1 Å². The van der Waals surface area contributed by atoms with Gasteiger partial charge in [-0.25, -0.2) is 18.2 Å². The summed E-state index contributed by atoms with van der Waals surface area (Å²) in [6.07, 6.45) is -1.22. The van der Waals surface area contributed by atoms with Gasteiger partial charge in [0.05, 0.1) is 11.2 Å². The predicted molar refractivity (Wildman–Crippen MR) is 107 cm³/mol. The van der Waals surface area contributed by atoms with E-state index >= 15 is 0 Å². The second-order valence-corrected chi connectivity index (χ2v) is 7.59. The molecule has 0 bridgehead atoms. The van der Waals surface area contributed by atoms with Crippen molar-refractivity contribution in [3.8, 4) is 17.0 Å². The number of hydrogen-bond donors (Lipinski definition) is 1. The van der Waals surface area contributed by atoms with E-state index in [0.29, 0.717) is 22.4 Å². The number of nitrogens with zero attached hydrogens (tertiary/aromatic N) is 2. The van der Waals surface area contributed by atoms with Crippen molar-refractivity contribution < 1.29 is 17.9 Å². The molecule has 29 heavy (non-hydrogen) atoms. The maximum atomic E-state index is 13.7. The van der Waals surface area contributed by atoms with Crippen LogP contribution in [0.4, 0.5) is 13.2 Å². The Balaban J connectivity index is 1.98. The highest BCUT2D eigenvalue weighted by atomic mass is 19.3. The van der Waals surface area contributed by atoms with Crippen LogP contribution in [0.5, 0.6) is 5.75 Å². The number of pyridine rings is 2. The Morgan fingerprint density at radius 3 is 2.52 bits per heavy atom. The largest absolute Gasteiger partial charge is 0.473 e. The Bertz CT molecular complexity index is 994. The lowest BCUT2D eigenvalue weighted by Gasteiger charge is -2.24. The van der Waals surface area contributed by atoms with Crippen molar-refractivity contribution >= 4 is 10.9 Å². The van der Waals surface area contributed by atoms with Crippen LogP contribution in [0, 0.1) is 17.7 Å². The van der Waals surface area contributed by atoms with Crippen LogP contribution in [-0.2, 0) is 0 Å². The Kier molecular flexibility index (Phi) is 6.37. The van der Waals surface area contributed by atoms with E-state index in [2.05, 4.69) is 23.8 Å². The molecule has 1 aromatic carbocycles. The molecular formula is C22H24F3N3O. The monoisotopic (exact) mass is 403 g/mol. The Morgan fingerprint density at radius 2 is 1.83 bits per heavy atom. The molecule has 0 saturated heterocycles. The maximum Gasteiger partial charge on any atom is 0.284 e. The van der Waals surface area contributed by atoms with Crippen molar-refractivity contribution in [1.29, 1.82) is 0 Å². The smallest absolute Gasteiger partial charge is 0.284 e. The number of nitrogens with two attached hydrogens (primary N) is 1. The first-order valence-corrected chi connectivity index (χ1v) is 9.52. The summed E-state index contributed by atoms with van der Waals surface area (Å²) in [4.78, 5) is 8.30. The maximum absolute atomic E-state index is 13.7. The fourth-order valence-corrected chi connectivity index (χ4v) is 3.35. The molecule has 0 aliphatic heterocycles. The average Bonchev–Trinajstić information content (AvgIpc) is 2.67. The normalized spacial score (nSPS) is 13.8. The molecular weight excluding hydrogens is 379 g/mol. The summed E-state index contributed by atoms with van der Waals surface area (Å²) in [6, 6.07) is 8.78. The summed E-state index contributed by atoms with van der Waals surface area (Å²) in [5.41, 5.74) is 6.92. The van der Waals surface area contributed by atoms with Crippen molar-refractivity contribution in [2.24, 2.45) is 17.6 Å². The third kappa shape index (κ3) is 4.85. The van der Waals surface area contributed by atoms with Gasteiger partial charge in [-0.15, -0.1) is 0 Å². The van der Waals surface area contributed by atoms with E-state index < -0.39 is 24.2 Å². The highest BCUT2D eigenvalue weighted by molar-refractivity contribution is 5.93. The molecule has 0 aliphatic carbocycles. The van der Waals surface area contributed by atoms with Gasteiger partial charge in [0.1, 0.15) is 23.5 Å². The summed E-state index contributed by atoms with van der Waals surface area (Å²) < 4.78 is 46.8.